The highest BCUT2D eigenvalue weighted by Crippen LogP contribution is 2.25. The Bertz CT molecular complexity index is 1270. The van der Waals surface area contributed by atoms with E-state index in [0.717, 1.165) is 39.7 Å². The monoisotopic (exact) mass is 446 g/mol. The van der Waals surface area contributed by atoms with Crippen molar-refractivity contribution in [3.63, 3.8) is 0 Å². The first kappa shape index (κ1) is 22.0. The van der Waals surface area contributed by atoms with E-state index in [4.69, 9.17) is 0 Å². The van der Waals surface area contributed by atoms with Crippen LogP contribution < -0.4 is 0 Å². The first-order valence-corrected chi connectivity index (χ1v) is 11.5. The molecule has 0 bridgehead atoms. The maximum atomic E-state index is 12.8. The Balaban J connectivity index is 1.44. The third-order valence-corrected chi connectivity index (χ3v) is 6.23. The number of carbonyl (C=O) groups excluding carboxylic acids is 1. The zero-order chi connectivity index (χ0) is 22.7. The molecule has 4 rings (SSSR count). The quantitative estimate of drug-likeness (QED) is 0.395. The van der Waals surface area contributed by atoms with E-state index in [9.17, 15) is 4.79 Å². The highest BCUT2D eigenvalue weighted by Gasteiger charge is 2.17. The molecule has 4 aromatic rings. The van der Waals surface area contributed by atoms with Crippen LogP contribution in [0.5, 0.6) is 0 Å². The van der Waals surface area contributed by atoms with Gasteiger partial charge in [-0.15, -0.1) is 10.2 Å². The molecule has 0 aliphatic rings. The molecular formula is C24H26N6OS. The molecule has 0 N–H and O–H groups in total. The largest absolute Gasteiger partial charge is 0.337 e. The minimum absolute atomic E-state index is 0.00725. The number of benzene rings is 2. The third kappa shape index (κ3) is 4.65. The molecule has 164 valence electrons. The second-order valence-corrected chi connectivity index (χ2v) is 8.64. The number of aromatic nitrogens is 5. The lowest BCUT2D eigenvalue weighted by atomic mass is 10.1. The molecule has 2 aromatic heterocycles. The second kappa shape index (κ2) is 9.48. The van der Waals surface area contributed by atoms with Crippen molar-refractivity contribution in [1.82, 2.24) is 29.6 Å². The first-order chi connectivity index (χ1) is 15.5. The number of aryl methyl sites for hydroxylation is 2. The van der Waals surface area contributed by atoms with Crippen molar-refractivity contribution in [2.45, 2.75) is 39.0 Å². The maximum Gasteiger partial charge on any atom is 0.233 e. The van der Waals surface area contributed by atoms with Gasteiger partial charge in [-0.25, -0.2) is 9.97 Å². The second-order valence-electron chi connectivity index (χ2n) is 7.70. The molecule has 8 heteroatoms. The molecule has 0 saturated carbocycles. The Morgan fingerprint density at radius 1 is 1.06 bits per heavy atom. The van der Waals surface area contributed by atoms with Crippen molar-refractivity contribution >= 4 is 28.6 Å². The van der Waals surface area contributed by atoms with Gasteiger partial charge >= 0.3 is 0 Å². The Kier molecular flexibility index (Phi) is 6.50. The summed E-state index contributed by atoms with van der Waals surface area (Å²) >= 11 is 1.40. The van der Waals surface area contributed by atoms with Crippen LogP contribution in [0, 0.1) is 13.8 Å². The van der Waals surface area contributed by atoms with Crippen LogP contribution in [0.3, 0.4) is 0 Å². The van der Waals surface area contributed by atoms with Gasteiger partial charge in [-0.05, 0) is 32.9 Å². The minimum Gasteiger partial charge on any atom is -0.337 e. The molecule has 7 nitrogen and oxygen atoms in total. The van der Waals surface area contributed by atoms with Gasteiger partial charge in [0.05, 0.1) is 17.8 Å². The van der Waals surface area contributed by atoms with E-state index < -0.39 is 0 Å². The van der Waals surface area contributed by atoms with Crippen molar-refractivity contribution in [3.05, 3.63) is 65.6 Å². The summed E-state index contributed by atoms with van der Waals surface area (Å²) in [4.78, 5) is 23.6. The van der Waals surface area contributed by atoms with Gasteiger partial charge in [0.1, 0.15) is 5.82 Å². The first-order valence-electron chi connectivity index (χ1n) is 10.6. The molecule has 0 spiro atoms. The third-order valence-electron chi connectivity index (χ3n) is 5.28. The predicted octanol–water partition coefficient (Wildman–Crippen LogP) is 4.28. The van der Waals surface area contributed by atoms with Crippen LogP contribution in [0.1, 0.15) is 24.0 Å². The zero-order valence-electron chi connectivity index (χ0n) is 18.7. The van der Waals surface area contributed by atoms with Crippen molar-refractivity contribution in [2.24, 2.45) is 0 Å². The summed E-state index contributed by atoms with van der Waals surface area (Å²) in [5.41, 5.74) is 4.01. The number of para-hydroxylation sites is 1. The lowest BCUT2D eigenvalue weighted by Gasteiger charge is -2.17. The van der Waals surface area contributed by atoms with Gasteiger partial charge in [0.2, 0.25) is 5.91 Å². The topological polar surface area (TPSA) is 76.8 Å². The van der Waals surface area contributed by atoms with Crippen LogP contribution in [0.25, 0.3) is 22.3 Å². The molecule has 0 aliphatic heterocycles. The molecule has 1 amide bonds. The van der Waals surface area contributed by atoms with E-state index in [-0.39, 0.29) is 11.7 Å². The average molecular weight is 447 g/mol. The molecule has 2 heterocycles. The molecule has 0 aliphatic carbocycles. The number of hydrogen-bond acceptors (Lipinski definition) is 6. The summed E-state index contributed by atoms with van der Waals surface area (Å²) in [5, 5.41) is 10.5. The molecule has 0 saturated heterocycles. The number of nitrogens with zero attached hydrogens (tertiary/aromatic N) is 6. The Hall–Kier alpha value is -3.26. The van der Waals surface area contributed by atoms with Crippen LogP contribution in [0.4, 0.5) is 0 Å². The minimum atomic E-state index is -0.00725. The smallest absolute Gasteiger partial charge is 0.233 e. The molecule has 32 heavy (non-hydrogen) atoms. The van der Waals surface area contributed by atoms with Crippen molar-refractivity contribution in [2.75, 3.05) is 12.8 Å². The number of fused-ring (bicyclic) bond motifs is 1. The van der Waals surface area contributed by atoms with Crippen LogP contribution >= 0.6 is 11.8 Å². The lowest BCUT2D eigenvalue weighted by molar-refractivity contribution is -0.127. The van der Waals surface area contributed by atoms with E-state index in [1.165, 1.54) is 17.3 Å². The van der Waals surface area contributed by atoms with E-state index in [2.05, 4.69) is 46.1 Å². The summed E-state index contributed by atoms with van der Waals surface area (Å²) in [6.07, 6.45) is 0. The summed E-state index contributed by atoms with van der Waals surface area (Å²) in [7, 11) is 1.78. The molecule has 0 fully saturated rings. The number of hydrogen-bond donors (Lipinski definition) is 0. The maximum absolute atomic E-state index is 12.8. The zero-order valence-corrected chi connectivity index (χ0v) is 19.6. The van der Waals surface area contributed by atoms with Gasteiger partial charge in [0.25, 0.3) is 0 Å². The summed E-state index contributed by atoms with van der Waals surface area (Å²) in [6, 6.07) is 16.1. The molecular weight excluding hydrogens is 420 g/mol. The predicted molar refractivity (Wildman–Crippen MR) is 127 cm³/mol. The van der Waals surface area contributed by atoms with E-state index in [0.29, 0.717) is 12.4 Å². The molecule has 2 aromatic carbocycles. The molecule has 0 radical (unpaired) electrons. The van der Waals surface area contributed by atoms with Crippen molar-refractivity contribution in [3.8, 4) is 11.4 Å². The van der Waals surface area contributed by atoms with Gasteiger partial charge < -0.3 is 9.47 Å². The highest BCUT2D eigenvalue weighted by atomic mass is 32.2. The van der Waals surface area contributed by atoms with Gasteiger partial charge in [0.15, 0.2) is 11.0 Å². The summed E-state index contributed by atoms with van der Waals surface area (Å²) in [6.45, 7) is 7.17. The van der Waals surface area contributed by atoms with Crippen LogP contribution in [-0.4, -0.2) is 48.3 Å². The SMILES string of the molecule is CCn1c(SCC(=O)N(C)Cc2nc(C)c3ccccc3n2)nnc1-c1cccc(C)c1. The lowest BCUT2D eigenvalue weighted by Crippen LogP contribution is -2.29. The van der Waals surface area contributed by atoms with Crippen LogP contribution in [0.2, 0.25) is 0 Å². The number of thioether (sulfide) groups is 1. The fourth-order valence-electron chi connectivity index (χ4n) is 3.58. The van der Waals surface area contributed by atoms with Crippen LogP contribution in [-0.2, 0) is 17.9 Å². The Labute approximate surface area is 191 Å². The summed E-state index contributed by atoms with van der Waals surface area (Å²) < 4.78 is 2.04. The number of rotatable bonds is 7. The van der Waals surface area contributed by atoms with E-state index >= 15 is 0 Å². The normalized spacial score (nSPS) is 11.1. The van der Waals surface area contributed by atoms with Crippen molar-refractivity contribution in [1.29, 1.82) is 0 Å². The van der Waals surface area contributed by atoms with Gasteiger partial charge in [-0.3, -0.25) is 4.79 Å². The van der Waals surface area contributed by atoms with Gasteiger partial charge in [0, 0.05) is 30.2 Å². The highest BCUT2D eigenvalue weighted by molar-refractivity contribution is 7.99. The Morgan fingerprint density at radius 3 is 2.66 bits per heavy atom. The number of carbonyl (C=O) groups is 1. The average Bonchev–Trinajstić information content (AvgIpc) is 3.20. The van der Waals surface area contributed by atoms with Gasteiger partial charge in [-0.2, -0.15) is 0 Å². The van der Waals surface area contributed by atoms with Gasteiger partial charge in [-0.1, -0.05) is 53.7 Å². The fourth-order valence-corrected chi connectivity index (χ4v) is 4.52. The Morgan fingerprint density at radius 2 is 1.88 bits per heavy atom. The van der Waals surface area contributed by atoms with Crippen LogP contribution in [0.15, 0.2) is 53.7 Å². The fraction of sp³-hybridized carbons (Fsp3) is 0.292. The summed E-state index contributed by atoms with van der Waals surface area (Å²) in [5.74, 6) is 1.72. The van der Waals surface area contributed by atoms with E-state index in [1.807, 2.05) is 47.9 Å². The van der Waals surface area contributed by atoms with E-state index in [1.54, 1.807) is 11.9 Å². The standard InChI is InChI=1S/C24H26N6OS/c1-5-30-23(18-10-8-9-16(2)13-18)27-28-24(30)32-15-22(31)29(4)14-21-25-17(3)19-11-6-7-12-20(19)26-21/h6-13H,5,14-15H2,1-4H3. The number of amides is 1. The van der Waals surface area contributed by atoms with Crippen molar-refractivity contribution < 1.29 is 4.79 Å². The molecule has 0 atom stereocenters. The molecule has 0 unspecified atom stereocenters.